The van der Waals surface area contributed by atoms with E-state index in [4.69, 9.17) is 0 Å². The minimum Gasteiger partial charge on any atom is -0.322 e. The number of hydrogen-bond donors (Lipinski definition) is 2. The van der Waals surface area contributed by atoms with E-state index in [9.17, 15) is 14.4 Å². The fourth-order valence-electron chi connectivity index (χ4n) is 3.66. The molecule has 0 aromatic carbocycles. The summed E-state index contributed by atoms with van der Waals surface area (Å²) >= 11 is 1.20. The molecule has 0 bridgehead atoms. The third-order valence-corrected chi connectivity index (χ3v) is 6.36. The van der Waals surface area contributed by atoms with Crippen molar-refractivity contribution in [3.8, 4) is 0 Å². The highest BCUT2D eigenvalue weighted by atomic mass is 32.2. The van der Waals surface area contributed by atoms with Gasteiger partial charge in [0.05, 0.1) is 17.3 Å². The number of fused-ring (bicyclic) bond motifs is 1. The first-order chi connectivity index (χ1) is 13.4. The molecule has 3 heterocycles. The Kier molecular flexibility index (Phi) is 4.69. The van der Waals surface area contributed by atoms with Crippen LogP contribution in [0.1, 0.15) is 32.6 Å². The maximum Gasteiger partial charge on any atom is 0.344 e. The van der Waals surface area contributed by atoms with E-state index in [2.05, 4.69) is 32.7 Å². The van der Waals surface area contributed by atoms with Crippen molar-refractivity contribution in [1.29, 1.82) is 0 Å². The van der Waals surface area contributed by atoms with Crippen LogP contribution in [0.3, 0.4) is 0 Å². The van der Waals surface area contributed by atoms with Gasteiger partial charge in [-0.05, 0) is 31.6 Å². The molecule has 2 fully saturated rings. The van der Waals surface area contributed by atoms with Crippen molar-refractivity contribution >= 4 is 40.6 Å². The summed E-state index contributed by atoms with van der Waals surface area (Å²) in [4.78, 5) is 45.7. The highest BCUT2D eigenvalue weighted by Gasteiger charge is 2.52. The summed E-state index contributed by atoms with van der Waals surface area (Å²) in [7, 11) is 1.77. The monoisotopic (exact) mass is 403 g/mol. The van der Waals surface area contributed by atoms with E-state index < -0.39 is 17.5 Å². The van der Waals surface area contributed by atoms with Crippen LogP contribution < -0.4 is 10.7 Å². The molecule has 0 unspecified atom stereocenters. The van der Waals surface area contributed by atoms with E-state index in [1.807, 2.05) is 0 Å². The highest BCUT2D eigenvalue weighted by molar-refractivity contribution is 8.00. The molecule has 1 spiro atoms. The first kappa shape index (κ1) is 18.7. The van der Waals surface area contributed by atoms with Crippen molar-refractivity contribution in [2.45, 2.75) is 43.2 Å². The van der Waals surface area contributed by atoms with Gasteiger partial charge in [0.1, 0.15) is 16.9 Å². The molecule has 1 aliphatic carbocycles. The Balaban J connectivity index is 1.40. The van der Waals surface area contributed by atoms with Gasteiger partial charge in [0.25, 0.3) is 5.91 Å². The van der Waals surface area contributed by atoms with Crippen LogP contribution in [0, 0.1) is 5.92 Å². The van der Waals surface area contributed by atoms with Crippen LogP contribution in [-0.2, 0) is 16.6 Å². The van der Waals surface area contributed by atoms with Gasteiger partial charge in [0, 0.05) is 7.05 Å². The zero-order valence-corrected chi connectivity index (χ0v) is 16.5. The van der Waals surface area contributed by atoms with Crippen LogP contribution in [0.2, 0.25) is 0 Å². The lowest BCUT2D eigenvalue weighted by Crippen LogP contribution is -2.51. The molecule has 28 heavy (non-hydrogen) atoms. The number of aryl methyl sites for hydroxylation is 1. The Bertz CT molecular complexity index is 951. The molecule has 2 aromatic heterocycles. The molecule has 2 aromatic rings. The molecular weight excluding hydrogens is 382 g/mol. The van der Waals surface area contributed by atoms with Gasteiger partial charge in [0.2, 0.25) is 5.91 Å². The van der Waals surface area contributed by atoms with Crippen LogP contribution in [-0.4, -0.2) is 53.9 Å². The second-order valence-electron chi connectivity index (χ2n) is 7.34. The van der Waals surface area contributed by atoms with Gasteiger partial charge in [-0.1, -0.05) is 18.7 Å². The predicted molar refractivity (Wildman–Crippen MR) is 101 cm³/mol. The Morgan fingerprint density at radius 3 is 2.86 bits per heavy atom. The number of aromatic nitrogens is 4. The minimum atomic E-state index is -0.876. The molecule has 148 valence electrons. The number of carbonyl (C=O) groups excluding carboxylic acids is 3. The van der Waals surface area contributed by atoms with Gasteiger partial charge >= 0.3 is 6.03 Å². The van der Waals surface area contributed by atoms with Crippen LogP contribution >= 0.6 is 11.8 Å². The average Bonchev–Trinajstić information content (AvgIpc) is 3.16. The first-order valence-electron chi connectivity index (χ1n) is 9.11. The fraction of sp³-hybridized carbons (Fsp3) is 0.529. The normalized spacial score (nSPS) is 24.8. The average molecular weight is 403 g/mol. The number of amides is 4. The summed E-state index contributed by atoms with van der Waals surface area (Å²) in [6, 6.07) is -0.574. The standard InChI is InChI=1S/C17H21N7O3S/c1-10-3-5-17(6-4-10)15(26)24(16(27)21-17)22-12(25)8-28-14-11-7-20-23(2)13(11)18-9-19-14/h7,9-10H,3-6,8H2,1-2H3,(H,21,27)(H,22,25). The first-order valence-corrected chi connectivity index (χ1v) is 10.1. The fourth-order valence-corrected chi connectivity index (χ4v) is 4.42. The SMILES string of the molecule is CC1CCC2(CC1)NC(=O)N(NC(=O)CSc1ncnc3c1cnn3C)C2=O. The number of hydrogen-bond acceptors (Lipinski definition) is 7. The van der Waals surface area contributed by atoms with E-state index in [1.54, 1.807) is 17.9 Å². The van der Waals surface area contributed by atoms with E-state index in [0.717, 1.165) is 23.2 Å². The van der Waals surface area contributed by atoms with Crippen molar-refractivity contribution < 1.29 is 14.4 Å². The number of imide groups is 1. The molecule has 1 saturated heterocycles. The van der Waals surface area contributed by atoms with E-state index >= 15 is 0 Å². The summed E-state index contributed by atoms with van der Waals surface area (Å²) in [5.74, 6) is -0.292. The van der Waals surface area contributed by atoms with E-state index in [-0.39, 0.29) is 11.7 Å². The van der Waals surface area contributed by atoms with E-state index in [1.165, 1.54) is 18.1 Å². The summed E-state index contributed by atoms with van der Waals surface area (Å²) in [5, 5.41) is 9.09. The van der Waals surface area contributed by atoms with Crippen LogP contribution in [0.4, 0.5) is 4.79 Å². The molecular formula is C17H21N7O3S. The highest BCUT2D eigenvalue weighted by Crippen LogP contribution is 2.35. The number of hydrazine groups is 1. The second kappa shape index (κ2) is 7.04. The third kappa shape index (κ3) is 3.19. The number of carbonyl (C=O) groups is 3. The topological polar surface area (TPSA) is 122 Å². The molecule has 2 N–H and O–H groups in total. The van der Waals surface area contributed by atoms with Crippen molar-refractivity contribution in [1.82, 2.24) is 35.5 Å². The minimum absolute atomic E-state index is 0.00209. The molecule has 0 radical (unpaired) electrons. The van der Waals surface area contributed by atoms with Crippen LogP contribution in [0.5, 0.6) is 0 Å². The van der Waals surface area contributed by atoms with Crippen molar-refractivity contribution in [2.24, 2.45) is 13.0 Å². The van der Waals surface area contributed by atoms with Gasteiger partial charge in [-0.2, -0.15) is 10.1 Å². The number of nitrogens with zero attached hydrogens (tertiary/aromatic N) is 5. The summed E-state index contributed by atoms with van der Waals surface area (Å²) in [5.41, 5.74) is 2.22. The number of thioether (sulfide) groups is 1. The van der Waals surface area contributed by atoms with Crippen molar-refractivity contribution in [2.75, 3.05) is 5.75 Å². The maximum absolute atomic E-state index is 12.8. The third-order valence-electron chi connectivity index (χ3n) is 5.36. The Morgan fingerprint density at radius 1 is 1.36 bits per heavy atom. The van der Waals surface area contributed by atoms with Crippen molar-refractivity contribution in [3.05, 3.63) is 12.5 Å². The summed E-state index contributed by atoms with van der Waals surface area (Å²) < 4.78 is 1.62. The van der Waals surface area contributed by atoms with E-state index in [0.29, 0.717) is 29.4 Å². The molecule has 4 rings (SSSR count). The molecule has 2 aliphatic rings. The number of nitrogens with one attached hydrogen (secondary N) is 2. The van der Waals surface area contributed by atoms with Gasteiger partial charge in [-0.25, -0.2) is 14.8 Å². The molecule has 4 amide bonds. The van der Waals surface area contributed by atoms with Crippen molar-refractivity contribution in [3.63, 3.8) is 0 Å². The maximum atomic E-state index is 12.8. The molecule has 10 nitrogen and oxygen atoms in total. The molecule has 1 aliphatic heterocycles. The quantitative estimate of drug-likeness (QED) is 0.443. The lowest BCUT2D eigenvalue weighted by Gasteiger charge is -2.33. The van der Waals surface area contributed by atoms with Gasteiger partial charge in [-0.15, -0.1) is 0 Å². The Morgan fingerprint density at radius 2 is 2.11 bits per heavy atom. The predicted octanol–water partition coefficient (Wildman–Crippen LogP) is 0.987. The van der Waals surface area contributed by atoms with Gasteiger partial charge < -0.3 is 5.32 Å². The van der Waals surface area contributed by atoms with Gasteiger partial charge in [-0.3, -0.25) is 19.7 Å². The summed E-state index contributed by atoms with van der Waals surface area (Å²) in [6.45, 7) is 2.14. The zero-order chi connectivity index (χ0) is 19.9. The number of rotatable bonds is 4. The Labute approximate surface area is 165 Å². The lowest BCUT2D eigenvalue weighted by atomic mass is 9.77. The van der Waals surface area contributed by atoms with Crippen LogP contribution in [0.25, 0.3) is 11.0 Å². The Hall–Kier alpha value is -2.69. The second-order valence-corrected chi connectivity index (χ2v) is 8.31. The largest absolute Gasteiger partial charge is 0.344 e. The smallest absolute Gasteiger partial charge is 0.322 e. The lowest BCUT2D eigenvalue weighted by molar-refractivity contribution is -0.139. The van der Waals surface area contributed by atoms with Gasteiger partial charge in [0.15, 0.2) is 5.65 Å². The molecule has 11 heteroatoms. The zero-order valence-electron chi connectivity index (χ0n) is 15.6. The number of urea groups is 1. The molecule has 1 saturated carbocycles. The summed E-state index contributed by atoms with van der Waals surface area (Å²) in [6.07, 6.45) is 5.99. The molecule has 0 atom stereocenters. The van der Waals surface area contributed by atoms with Crippen LogP contribution in [0.15, 0.2) is 17.6 Å².